The van der Waals surface area contributed by atoms with E-state index in [1.807, 2.05) is 12.4 Å². The Kier molecular flexibility index (Phi) is 2.30. The molecule has 5 rings (SSSR count). The molecule has 4 aromatic rings. The summed E-state index contributed by atoms with van der Waals surface area (Å²) in [4.78, 5) is 4.73. The van der Waals surface area contributed by atoms with Crippen LogP contribution in [0.2, 0.25) is 0 Å². The van der Waals surface area contributed by atoms with Gasteiger partial charge >= 0.3 is 0 Å². The summed E-state index contributed by atoms with van der Waals surface area (Å²) in [5, 5.41) is 0. The lowest BCUT2D eigenvalue weighted by molar-refractivity contribution is 1.09. The van der Waals surface area contributed by atoms with Gasteiger partial charge in [-0.15, -0.1) is 0 Å². The van der Waals surface area contributed by atoms with E-state index in [2.05, 4.69) is 65.2 Å². The van der Waals surface area contributed by atoms with Gasteiger partial charge in [0.2, 0.25) is 0 Å². The van der Waals surface area contributed by atoms with Crippen LogP contribution in [-0.2, 0) is 6.42 Å². The first-order valence-electron chi connectivity index (χ1n) is 7.54. The Hall–Kier alpha value is -2.87. The van der Waals surface area contributed by atoms with Gasteiger partial charge < -0.3 is 0 Å². The van der Waals surface area contributed by atoms with Crippen molar-refractivity contribution >= 4 is 11.0 Å². The summed E-state index contributed by atoms with van der Waals surface area (Å²) in [5.74, 6) is 0. The molecule has 0 amide bonds. The minimum Gasteiger partial charge on any atom is -0.299 e. The molecule has 0 radical (unpaired) electrons. The van der Waals surface area contributed by atoms with Crippen molar-refractivity contribution in [3.63, 3.8) is 0 Å². The number of hydrogen-bond acceptors (Lipinski definition) is 1. The summed E-state index contributed by atoms with van der Waals surface area (Å²) in [5.41, 5.74) is 8.85. The predicted molar refractivity (Wildman–Crippen MR) is 89.3 cm³/mol. The van der Waals surface area contributed by atoms with Crippen molar-refractivity contribution in [2.75, 3.05) is 0 Å². The van der Waals surface area contributed by atoms with E-state index in [-0.39, 0.29) is 0 Å². The number of aromatic nitrogens is 2. The van der Waals surface area contributed by atoms with Gasteiger partial charge in [0.1, 0.15) is 6.33 Å². The zero-order chi connectivity index (χ0) is 14.5. The average molecular weight is 282 g/mol. The molecule has 22 heavy (non-hydrogen) atoms. The maximum Gasteiger partial charge on any atom is 0.100 e. The second-order valence-corrected chi connectivity index (χ2v) is 5.75. The van der Waals surface area contributed by atoms with Crippen LogP contribution in [-0.4, -0.2) is 9.55 Å². The van der Waals surface area contributed by atoms with Crippen molar-refractivity contribution < 1.29 is 0 Å². The molecule has 0 spiro atoms. The van der Waals surface area contributed by atoms with Gasteiger partial charge in [0, 0.05) is 11.3 Å². The number of para-hydroxylation sites is 1. The molecule has 1 aliphatic rings. The molecule has 1 heterocycles. The first kappa shape index (κ1) is 11.8. The number of hydrogen-bond donors (Lipinski definition) is 0. The van der Waals surface area contributed by atoms with E-state index in [9.17, 15) is 0 Å². The topological polar surface area (TPSA) is 17.8 Å². The second-order valence-electron chi connectivity index (χ2n) is 5.75. The van der Waals surface area contributed by atoms with Crippen LogP contribution >= 0.6 is 0 Å². The molecule has 0 saturated carbocycles. The Balaban J connectivity index is 1.82. The number of fused-ring (bicyclic) bond motifs is 5. The summed E-state index contributed by atoms with van der Waals surface area (Å²) in [6.07, 6.45) is 2.95. The smallest absolute Gasteiger partial charge is 0.100 e. The molecule has 1 aliphatic carbocycles. The highest BCUT2D eigenvalue weighted by atomic mass is 15.0. The van der Waals surface area contributed by atoms with Gasteiger partial charge in [-0.1, -0.05) is 48.5 Å². The summed E-state index contributed by atoms with van der Waals surface area (Å²) >= 11 is 0. The SMILES string of the molecule is c1ccc(-n2cnc3c4c(ccc32)Cc2ccccc2-4)cc1. The molecule has 0 N–H and O–H groups in total. The van der Waals surface area contributed by atoms with Crippen molar-refractivity contribution in [2.24, 2.45) is 0 Å². The third-order valence-electron chi connectivity index (χ3n) is 4.51. The fourth-order valence-electron chi connectivity index (χ4n) is 3.49. The van der Waals surface area contributed by atoms with Gasteiger partial charge in [-0.05, 0) is 41.3 Å². The first-order valence-corrected chi connectivity index (χ1v) is 7.54. The van der Waals surface area contributed by atoms with Gasteiger partial charge in [-0.3, -0.25) is 4.57 Å². The number of imidazole rings is 1. The lowest BCUT2D eigenvalue weighted by Crippen LogP contribution is -1.91. The molecular formula is C20H14N2. The number of nitrogens with zero attached hydrogens (tertiary/aromatic N) is 2. The Morgan fingerprint density at radius 1 is 0.773 bits per heavy atom. The first-order chi connectivity index (χ1) is 10.9. The van der Waals surface area contributed by atoms with Crippen LogP contribution in [0.4, 0.5) is 0 Å². The summed E-state index contributed by atoms with van der Waals surface area (Å²) in [6, 6.07) is 23.5. The van der Waals surface area contributed by atoms with Crippen LogP contribution in [0, 0.1) is 0 Å². The normalized spacial score (nSPS) is 12.4. The molecule has 0 aliphatic heterocycles. The summed E-state index contributed by atoms with van der Waals surface area (Å²) in [7, 11) is 0. The van der Waals surface area contributed by atoms with E-state index in [4.69, 9.17) is 4.98 Å². The van der Waals surface area contributed by atoms with Crippen LogP contribution in [0.5, 0.6) is 0 Å². The molecule has 1 aromatic heterocycles. The lowest BCUT2D eigenvalue weighted by atomic mass is 10.0. The maximum absolute atomic E-state index is 4.73. The fourth-order valence-corrected chi connectivity index (χ4v) is 3.49. The monoisotopic (exact) mass is 282 g/mol. The second kappa shape index (κ2) is 4.31. The maximum atomic E-state index is 4.73. The van der Waals surface area contributed by atoms with Crippen molar-refractivity contribution in [3.8, 4) is 16.8 Å². The predicted octanol–water partition coefficient (Wildman–Crippen LogP) is 4.60. The Bertz CT molecular complexity index is 997. The zero-order valence-electron chi connectivity index (χ0n) is 12.0. The quantitative estimate of drug-likeness (QED) is 0.439. The zero-order valence-corrected chi connectivity index (χ0v) is 12.0. The largest absolute Gasteiger partial charge is 0.299 e. The average Bonchev–Trinajstić information content (AvgIpc) is 3.16. The standard InChI is InChI=1S/C20H14N2/c1-2-7-16(8-3-1)22-13-21-20-18(22)11-10-15-12-14-6-4-5-9-17(14)19(15)20/h1-11,13H,12H2. The van der Waals surface area contributed by atoms with Crippen molar-refractivity contribution in [1.82, 2.24) is 9.55 Å². The fraction of sp³-hybridized carbons (Fsp3) is 0.0500. The van der Waals surface area contributed by atoms with E-state index in [1.165, 1.54) is 27.8 Å². The Morgan fingerprint density at radius 3 is 2.50 bits per heavy atom. The number of benzene rings is 3. The molecule has 0 fully saturated rings. The third kappa shape index (κ3) is 1.52. The van der Waals surface area contributed by atoms with Gasteiger partial charge in [0.25, 0.3) is 0 Å². The van der Waals surface area contributed by atoms with Crippen molar-refractivity contribution in [3.05, 3.63) is 84.2 Å². The molecule has 0 atom stereocenters. The molecule has 0 unspecified atom stereocenters. The van der Waals surface area contributed by atoms with Crippen LogP contribution in [0.3, 0.4) is 0 Å². The molecule has 104 valence electrons. The number of rotatable bonds is 1. The van der Waals surface area contributed by atoms with Crippen LogP contribution in [0.15, 0.2) is 73.1 Å². The molecule has 0 saturated heterocycles. The molecule has 2 heteroatoms. The van der Waals surface area contributed by atoms with Crippen LogP contribution in [0.25, 0.3) is 27.8 Å². The lowest BCUT2D eigenvalue weighted by Gasteiger charge is -2.06. The van der Waals surface area contributed by atoms with E-state index >= 15 is 0 Å². The van der Waals surface area contributed by atoms with Crippen LogP contribution in [0.1, 0.15) is 11.1 Å². The Labute approximate surface area is 128 Å². The van der Waals surface area contributed by atoms with E-state index in [1.54, 1.807) is 0 Å². The van der Waals surface area contributed by atoms with Gasteiger partial charge in [-0.25, -0.2) is 4.98 Å². The molecule has 2 nitrogen and oxygen atoms in total. The van der Waals surface area contributed by atoms with Crippen LogP contribution < -0.4 is 0 Å². The van der Waals surface area contributed by atoms with Crippen molar-refractivity contribution in [1.29, 1.82) is 0 Å². The van der Waals surface area contributed by atoms with Gasteiger partial charge in [0.05, 0.1) is 11.0 Å². The Morgan fingerprint density at radius 2 is 1.59 bits per heavy atom. The van der Waals surface area contributed by atoms with E-state index < -0.39 is 0 Å². The van der Waals surface area contributed by atoms with Gasteiger partial charge in [0.15, 0.2) is 0 Å². The van der Waals surface area contributed by atoms with Gasteiger partial charge in [-0.2, -0.15) is 0 Å². The van der Waals surface area contributed by atoms with E-state index in [0.717, 1.165) is 17.6 Å². The minimum atomic E-state index is 1.01. The summed E-state index contributed by atoms with van der Waals surface area (Å²) in [6.45, 7) is 0. The minimum absolute atomic E-state index is 1.01. The molecular weight excluding hydrogens is 268 g/mol. The highest BCUT2D eigenvalue weighted by molar-refractivity contribution is 5.98. The highest BCUT2D eigenvalue weighted by Gasteiger charge is 2.22. The van der Waals surface area contributed by atoms with E-state index in [0.29, 0.717) is 0 Å². The highest BCUT2D eigenvalue weighted by Crippen LogP contribution is 2.40. The third-order valence-corrected chi connectivity index (χ3v) is 4.51. The molecule has 0 bridgehead atoms. The van der Waals surface area contributed by atoms with Crippen molar-refractivity contribution in [2.45, 2.75) is 6.42 Å². The summed E-state index contributed by atoms with van der Waals surface area (Å²) < 4.78 is 2.16. The molecule has 3 aromatic carbocycles.